The number of nitro groups is 1. The first-order valence-corrected chi connectivity index (χ1v) is 6.18. The van der Waals surface area contributed by atoms with Crippen molar-refractivity contribution in [1.82, 2.24) is 5.32 Å². The van der Waals surface area contributed by atoms with E-state index < -0.39 is 23.0 Å². The Labute approximate surface area is 111 Å². The van der Waals surface area contributed by atoms with Crippen LogP contribution in [0.5, 0.6) is 0 Å². The fourth-order valence-electron chi connectivity index (χ4n) is 1.72. The Bertz CT molecular complexity index is 436. The molecule has 1 unspecified atom stereocenters. The molecule has 1 aromatic carbocycles. The number of nitrogens with zero attached hydrogens (tertiary/aromatic N) is 1. The second-order valence-electron chi connectivity index (χ2n) is 4.33. The van der Waals surface area contributed by atoms with Crippen LogP contribution in [0.2, 0.25) is 0 Å². The van der Waals surface area contributed by atoms with Gasteiger partial charge in [-0.2, -0.15) is 0 Å². The van der Waals surface area contributed by atoms with Crippen molar-refractivity contribution >= 4 is 5.91 Å². The van der Waals surface area contributed by atoms with Crippen LogP contribution in [0.15, 0.2) is 30.3 Å². The van der Waals surface area contributed by atoms with Crippen molar-refractivity contribution in [2.75, 3.05) is 13.1 Å². The van der Waals surface area contributed by atoms with Gasteiger partial charge < -0.3 is 10.4 Å². The maximum absolute atomic E-state index is 12.0. The van der Waals surface area contributed by atoms with E-state index in [-0.39, 0.29) is 5.56 Å². The normalized spacial score (nSPS) is 13.6. The van der Waals surface area contributed by atoms with Gasteiger partial charge in [0.1, 0.15) is 0 Å². The smallest absolute Gasteiger partial charge is 0.263 e. The van der Waals surface area contributed by atoms with Gasteiger partial charge in [-0.05, 0) is 12.0 Å². The monoisotopic (exact) mass is 266 g/mol. The van der Waals surface area contributed by atoms with Gasteiger partial charge >= 0.3 is 0 Å². The number of aliphatic hydroxyl groups is 1. The molecule has 2 N–H and O–H groups in total. The van der Waals surface area contributed by atoms with Gasteiger partial charge in [0.25, 0.3) is 5.91 Å². The number of hydrogen-bond donors (Lipinski definition) is 2. The van der Waals surface area contributed by atoms with Crippen LogP contribution in [0.25, 0.3) is 0 Å². The highest BCUT2D eigenvalue weighted by molar-refractivity contribution is 5.86. The van der Waals surface area contributed by atoms with E-state index in [9.17, 15) is 20.0 Å². The van der Waals surface area contributed by atoms with Gasteiger partial charge in [-0.3, -0.25) is 14.9 Å². The third-order valence-electron chi connectivity index (χ3n) is 2.80. The lowest BCUT2D eigenvalue weighted by molar-refractivity contribution is -0.498. The molecule has 6 heteroatoms. The number of amides is 1. The number of carbonyl (C=O) groups is 1. The summed E-state index contributed by atoms with van der Waals surface area (Å²) in [6.45, 7) is 1.50. The lowest BCUT2D eigenvalue weighted by atomic mass is 9.93. The van der Waals surface area contributed by atoms with Gasteiger partial charge in [0.2, 0.25) is 12.1 Å². The van der Waals surface area contributed by atoms with Crippen molar-refractivity contribution in [3.8, 4) is 0 Å². The summed E-state index contributed by atoms with van der Waals surface area (Å²) in [5, 5.41) is 23.6. The van der Waals surface area contributed by atoms with E-state index in [2.05, 4.69) is 5.32 Å². The van der Waals surface area contributed by atoms with Gasteiger partial charge in [-0.1, -0.05) is 43.7 Å². The van der Waals surface area contributed by atoms with E-state index in [0.29, 0.717) is 6.54 Å². The Morgan fingerprint density at radius 3 is 2.58 bits per heavy atom. The van der Waals surface area contributed by atoms with E-state index in [4.69, 9.17) is 0 Å². The quantitative estimate of drug-likeness (QED) is 0.438. The largest absolute Gasteiger partial charge is 0.370 e. The fraction of sp³-hybridized carbons (Fsp3) is 0.462. The summed E-state index contributed by atoms with van der Waals surface area (Å²) in [6, 6.07) is 7.97. The van der Waals surface area contributed by atoms with E-state index >= 15 is 0 Å². The Kier molecular flexibility index (Phi) is 5.44. The zero-order valence-electron chi connectivity index (χ0n) is 10.8. The van der Waals surface area contributed by atoms with Gasteiger partial charge in [-0.15, -0.1) is 0 Å². The van der Waals surface area contributed by atoms with Crippen molar-refractivity contribution in [3.05, 3.63) is 46.0 Å². The Morgan fingerprint density at radius 1 is 1.42 bits per heavy atom. The molecule has 104 valence electrons. The lowest BCUT2D eigenvalue weighted by Crippen LogP contribution is -2.49. The molecule has 6 nitrogen and oxygen atoms in total. The second kappa shape index (κ2) is 6.84. The molecule has 0 heterocycles. The number of nitrogens with one attached hydrogen (secondary N) is 1. The van der Waals surface area contributed by atoms with E-state index in [1.807, 2.05) is 6.92 Å². The Balaban J connectivity index is 2.93. The number of carbonyl (C=O) groups excluding carboxylic acids is 1. The second-order valence-corrected chi connectivity index (χ2v) is 4.33. The summed E-state index contributed by atoms with van der Waals surface area (Å²) >= 11 is 0. The summed E-state index contributed by atoms with van der Waals surface area (Å²) < 4.78 is 0. The molecule has 19 heavy (non-hydrogen) atoms. The van der Waals surface area contributed by atoms with Crippen LogP contribution in [-0.4, -0.2) is 29.0 Å². The Hall–Kier alpha value is -1.95. The van der Waals surface area contributed by atoms with E-state index in [0.717, 1.165) is 12.8 Å². The summed E-state index contributed by atoms with van der Waals surface area (Å²) in [7, 11) is 0. The molecule has 1 atom stereocenters. The predicted octanol–water partition coefficient (Wildman–Crippen LogP) is 1.07. The van der Waals surface area contributed by atoms with Crippen LogP contribution in [0.4, 0.5) is 0 Å². The molecule has 0 radical (unpaired) electrons. The van der Waals surface area contributed by atoms with E-state index in [1.165, 1.54) is 12.1 Å². The third-order valence-corrected chi connectivity index (χ3v) is 2.80. The molecule has 0 saturated carbocycles. The average molecular weight is 266 g/mol. The first-order valence-electron chi connectivity index (χ1n) is 6.18. The zero-order chi connectivity index (χ0) is 14.3. The SMILES string of the molecule is CCCCNC(=O)C(O)(C[N+](=O)[O-])c1ccccc1. The standard InChI is InChI=1S/C13H18N2O4/c1-2-3-9-14-12(16)13(17,10-15(18)19)11-7-5-4-6-8-11/h4-8,17H,2-3,9-10H2,1H3,(H,14,16). The van der Waals surface area contributed by atoms with Crippen molar-refractivity contribution in [2.24, 2.45) is 0 Å². The van der Waals surface area contributed by atoms with Crippen molar-refractivity contribution in [3.63, 3.8) is 0 Å². The summed E-state index contributed by atoms with van der Waals surface area (Å²) in [6.07, 6.45) is 1.65. The Morgan fingerprint density at radius 2 is 2.05 bits per heavy atom. The molecule has 1 aromatic rings. The first kappa shape index (κ1) is 15.1. The molecule has 0 aliphatic rings. The summed E-state index contributed by atoms with van der Waals surface area (Å²) in [4.78, 5) is 22.0. The molecule has 0 fully saturated rings. The molecule has 0 aliphatic carbocycles. The highest BCUT2D eigenvalue weighted by Gasteiger charge is 2.43. The molecule has 0 saturated heterocycles. The van der Waals surface area contributed by atoms with Gasteiger partial charge in [-0.25, -0.2) is 0 Å². The molecular weight excluding hydrogens is 248 g/mol. The highest BCUT2D eigenvalue weighted by Crippen LogP contribution is 2.21. The number of unbranched alkanes of at least 4 members (excludes halogenated alkanes) is 1. The van der Waals surface area contributed by atoms with Crippen molar-refractivity contribution < 1.29 is 14.8 Å². The molecule has 0 aliphatic heterocycles. The van der Waals surface area contributed by atoms with Crippen LogP contribution in [-0.2, 0) is 10.4 Å². The lowest BCUT2D eigenvalue weighted by Gasteiger charge is -2.23. The maximum Gasteiger partial charge on any atom is 0.263 e. The molecule has 0 bridgehead atoms. The van der Waals surface area contributed by atoms with Crippen LogP contribution < -0.4 is 5.32 Å². The molecule has 1 rings (SSSR count). The molecule has 0 spiro atoms. The zero-order valence-corrected chi connectivity index (χ0v) is 10.8. The first-order chi connectivity index (χ1) is 9.00. The fourth-order valence-corrected chi connectivity index (χ4v) is 1.72. The molecule has 0 aromatic heterocycles. The van der Waals surface area contributed by atoms with Crippen LogP contribution in [0.1, 0.15) is 25.3 Å². The number of rotatable bonds is 7. The van der Waals surface area contributed by atoms with Crippen LogP contribution in [0, 0.1) is 10.1 Å². The summed E-state index contributed by atoms with van der Waals surface area (Å²) in [5.74, 6) is -0.733. The molecule has 1 amide bonds. The van der Waals surface area contributed by atoms with Crippen LogP contribution in [0.3, 0.4) is 0 Å². The minimum absolute atomic E-state index is 0.223. The minimum Gasteiger partial charge on any atom is -0.370 e. The van der Waals surface area contributed by atoms with Crippen molar-refractivity contribution in [2.45, 2.75) is 25.4 Å². The predicted molar refractivity (Wildman–Crippen MR) is 70.1 cm³/mol. The van der Waals surface area contributed by atoms with Crippen LogP contribution >= 0.6 is 0 Å². The van der Waals surface area contributed by atoms with E-state index in [1.54, 1.807) is 18.2 Å². The summed E-state index contributed by atoms with van der Waals surface area (Å²) in [5.41, 5.74) is -1.90. The number of benzene rings is 1. The molecular formula is C13H18N2O4. The van der Waals surface area contributed by atoms with Gasteiger partial charge in [0, 0.05) is 11.5 Å². The third kappa shape index (κ3) is 4.03. The number of hydrogen-bond acceptors (Lipinski definition) is 4. The maximum atomic E-state index is 12.0. The van der Waals surface area contributed by atoms with Crippen molar-refractivity contribution in [1.29, 1.82) is 0 Å². The minimum atomic E-state index is -2.13. The highest BCUT2D eigenvalue weighted by atomic mass is 16.6. The van der Waals surface area contributed by atoms with Gasteiger partial charge in [0.05, 0.1) is 0 Å². The average Bonchev–Trinajstić information content (AvgIpc) is 2.39. The van der Waals surface area contributed by atoms with Gasteiger partial charge in [0.15, 0.2) is 0 Å². The topological polar surface area (TPSA) is 92.5 Å².